The summed E-state index contributed by atoms with van der Waals surface area (Å²) in [6.07, 6.45) is 2.76. The van der Waals surface area contributed by atoms with Crippen molar-refractivity contribution in [2.75, 3.05) is 20.2 Å². The first-order valence-electron chi connectivity index (χ1n) is 4.44. The fraction of sp³-hybridized carbons (Fsp3) is 0.700. The molecule has 0 heterocycles. The molecule has 76 valence electrons. The third-order valence-electron chi connectivity index (χ3n) is 1.83. The van der Waals surface area contributed by atoms with Crippen molar-refractivity contribution < 1.29 is 9.53 Å². The Hall–Kier alpha value is -0.830. The Morgan fingerprint density at radius 1 is 1.62 bits per heavy atom. The third kappa shape index (κ3) is 4.68. The molecule has 13 heavy (non-hydrogen) atoms. The molecule has 0 unspecified atom stereocenters. The van der Waals surface area contributed by atoms with Gasteiger partial charge in [-0.1, -0.05) is 6.08 Å². The van der Waals surface area contributed by atoms with Gasteiger partial charge in [0.05, 0.1) is 12.5 Å². The Morgan fingerprint density at radius 3 is 2.69 bits per heavy atom. The van der Waals surface area contributed by atoms with Crippen molar-refractivity contribution >= 4 is 5.97 Å². The van der Waals surface area contributed by atoms with Crippen LogP contribution in [0.4, 0.5) is 0 Å². The van der Waals surface area contributed by atoms with Crippen LogP contribution < -0.4 is 5.32 Å². The minimum Gasteiger partial charge on any atom is -0.469 e. The van der Waals surface area contributed by atoms with E-state index in [1.807, 2.05) is 19.9 Å². The van der Waals surface area contributed by atoms with Gasteiger partial charge in [-0.3, -0.25) is 4.79 Å². The predicted molar refractivity (Wildman–Crippen MR) is 53.5 cm³/mol. The molecule has 0 aliphatic rings. The minimum atomic E-state index is -0.448. The summed E-state index contributed by atoms with van der Waals surface area (Å²) in [5.41, 5.74) is -0.448. The molecule has 3 nitrogen and oxygen atoms in total. The Kier molecular flexibility index (Phi) is 5.39. The molecule has 0 saturated carbocycles. The highest BCUT2D eigenvalue weighted by Crippen LogP contribution is 2.14. The number of carbonyl (C=O) groups excluding carboxylic acids is 1. The Balaban J connectivity index is 3.75. The number of hydrogen-bond acceptors (Lipinski definition) is 3. The van der Waals surface area contributed by atoms with Gasteiger partial charge in [-0.25, -0.2) is 0 Å². The monoisotopic (exact) mass is 185 g/mol. The Morgan fingerprint density at radius 2 is 2.23 bits per heavy atom. The molecule has 0 amide bonds. The topological polar surface area (TPSA) is 38.3 Å². The van der Waals surface area contributed by atoms with Gasteiger partial charge in [0.15, 0.2) is 0 Å². The normalized spacial score (nSPS) is 11.0. The maximum absolute atomic E-state index is 11.2. The van der Waals surface area contributed by atoms with E-state index in [4.69, 9.17) is 0 Å². The van der Waals surface area contributed by atoms with Gasteiger partial charge in [0, 0.05) is 6.54 Å². The van der Waals surface area contributed by atoms with Crippen LogP contribution in [0.1, 0.15) is 20.3 Å². The van der Waals surface area contributed by atoms with E-state index in [1.54, 1.807) is 0 Å². The van der Waals surface area contributed by atoms with Crippen LogP contribution in [-0.4, -0.2) is 26.2 Å². The lowest BCUT2D eigenvalue weighted by atomic mass is 9.94. The zero-order valence-electron chi connectivity index (χ0n) is 8.72. The number of rotatable bonds is 6. The first kappa shape index (κ1) is 12.2. The molecule has 0 rings (SSSR count). The van der Waals surface area contributed by atoms with Crippen LogP contribution in [0, 0.1) is 5.41 Å². The standard InChI is InChI=1S/C10H19NO2/c1-5-6-7-11-8-10(2,3)9(12)13-4/h5,11H,1,6-8H2,2-4H3. The van der Waals surface area contributed by atoms with Gasteiger partial charge < -0.3 is 10.1 Å². The number of esters is 1. The number of nitrogens with one attached hydrogen (secondary N) is 1. The van der Waals surface area contributed by atoms with Crippen molar-refractivity contribution in [3.8, 4) is 0 Å². The van der Waals surface area contributed by atoms with Crippen molar-refractivity contribution in [2.45, 2.75) is 20.3 Å². The molecule has 0 aromatic rings. The summed E-state index contributed by atoms with van der Waals surface area (Å²) < 4.78 is 4.67. The molecular formula is C10H19NO2. The summed E-state index contributed by atoms with van der Waals surface area (Å²) in [7, 11) is 1.41. The van der Waals surface area contributed by atoms with Crippen LogP contribution in [0.15, 0.2) is 12.7 Å². The van der Waals surface area contributed by atoms with Gasteiger partial charge in [-0.05, 0) is 26.8 Å². The van der Waals surface area contributed by atoms with Gasteiger partial charge in [0.1, 0.15) is 0 Å². The summed E-state index contributed by atoms with van der Waals surface area (Å²) in [5.74, 6) is -0.182. The highest BCUT2D eigenvalue weighted by atomic mass is 16.5. The summed E-state index contributed by atoms with van der Waals surface area (Å²) >= 11 is 0. The van der Waals surface area contributed by atoms with Crippen molar-refractivity contribution in [1.29, 1.82) is 0 Å². The van der Waals surface area contributed by atoms with E-state index < -0.39 is 5.41 Å². The second-order valence-electron chi connectivity index (χ2n) is 3.63. The molecule has 0 aromatic carbocycles. The van der Waals surface area contributed by atoms with Crippen LogP contribution in [0.2, 0.25) is 0 Å². The van der Waals surface area contributed by atoms with E-state index in [0.717, 1.165) is 13.0 Å². The molecular weight excluding hydrogens is 166 g/mol. The van der Waals surface area contributed by atoms with Gasteiger partial charge in [-0.2, -0.15) is 0 Å². The Bertz CT molecular complexity index is 176. The lowest BCUT2D eigenvalue weighted by Gasteiger charge is -2.21. The van der Waals surface area contributed by atoms with E-state index in [9.17, 15) is 4.79 Å². The van der Waals surface area contributed by atoms with Crippen molar-refractivity contribution in [1.82, 2.24) is 5.32 Å². The first-order valence-corrected chi connectivity index (χ1v) is 4.44. The summed E-state index contributed by atoms with van der Waals surface area (Å²) in [5, 5.41) is 3.17. The smallest absolute Gasteiger partial charge is 0.312 e. The Labute approximate surface area is 80.2 Å². The molecule has 3 heteroatoms. The van der Waals surface area contributed by atoms with E-state index in [-0.39, 0.29) is 5.97 Å². The van der Waals surface area contributed by atoms with E-state index in [1.165, 1.54) is 7.11 Å². The molecule has 0 atom stereocenters. The fourth-order valence-electron chi connectivity index (χ4n) is 0.953. The van der Waals surface area contributed by atoms with Crippen LogP contribution in [0.25, 0.3) is 0 Å². The number of carbonyl (C=O) groups is 1. The van der Waals surface area contributed by atoms with Crippen LogP contribution in [-0.2, 0) is 9.53 Å². The third-order valence-corrected chi connectivity index (χ3v) is 1.83. The maximum Gasteiger partial charge on any atom is 0.312 e. The fourth-order valence-corrected chi connectivity index (χ4v) is 0.953. The van der Waals surface area contributed by atoms with Crippen molar-refractivity contribution in [3.63, 3.8) is 0 Å². The van der Waals surface area contributed by atoms with Gasteiger partial charge in [0.2, 0.25) is 0 Å². The van der Waals surface area contributed by atoms with Gasteiger partial charge in [0.25, 0.3) is 0 Å². The number of ether oxygens (including phenoxy) is 1. The molecule has 0 fully saturated rings. The highest BCUT2D eigenvalue weighted by Gasteiger charge is 2.27. The molecule has 0 aromatic heterocycles. The van der Waals surface area contributed by atoms with Crippen LogP contribution in [0.5, 0.6) is 0 Å². The molecule has 0 spiro atoms. The van der Waals surface area contributed by atoms with Crippen molar-refractivity contribution in [3.05, 3.63) is 12.7 Å². The predicted octanol–water partition coefficient (Wildman–Crippen LogP) is 1.35. The zero-order chi connectivity index (χ0) is 10.3. The molecule has 0 aliphatic carbocycles. The summed E-state index contributed by atoms with van der Waals surface area (Å²) in [6, 6.07) is 0. The lowest BCUT2D eigenvalue weighted by Crippen LogP contribution is -2.37. The average Bonchev–Trinajstić information content (AvgIpc) is 2.11. The van der Waals surface area contributed by atoms with Gasteiger partial charge >= 0.3 is 5.97 Å². The highest BCUT2D eigenvalue weighted by molar-refractivity contribution is 5.75. The van der Waals surface area contributed by atoms with Gasteiger partial charge in [-0.15, -0.1) is 6.58 Å². The maximum atomic E-state index is 11.2. The summed E-state index contributed by atoms with van der Waals surface area (Å²) in [6.45, 7) is 8.82. The van der Waals surface area contributed by atoms with E-state index in [2.05, 4.69) is 16.6 Å². The molecule has 0 saturated heterocycles. The molecule has 1 N–H and O–H groups in total. The number of hydrogen-bond donors (Lipinski definition) is 1. The molecule has 0 aliphatic heterocycles. The molecule has 0 bridgehead atoms. The lowest BCUT2D eigenvalue weighted by molar-refractivity contribution is -0.150. The summed E-state index contributed by atoms with van der Waals surface area (Å²) in [4.78, 5) is 11.2. The van der Waals surface area contributed by atoms with Crippen LogP contribution >= 0.6 is 0 Å². The average molecular weight is 185 g/mol. The number of methoxy groups -OCH3 is 1. The second kappa shape index (κ2) is 5.75. The first-order chi connectivity index (χ1) is 6.04. The van der Waals surface area contributed by atoms with Crippen molar-refractivity contribution in [2.24, 2.45) is 5.41 Å². The second-order valence-corrected chi connectivity index (χ2v) is 3.63. The van der Waals surface area contributed by atoms with E-state index >= 15 is 0 Å². The SMILES string of the molecule is C=CCCNCC(C)(C)C(=O)OC. The quantitative estimate of drug-likeness (QED) is 0.385. The van der Waals surface area contributed by atoms with E-state index in [0.29, 0.717) is 6.54 Å². The largest absolute Gasteiger partial charge is 0.469 e. The van der Waals surface area contributed by atoms with Crippen LogP contribution in [0.3, 0.4) is 0 Å². The zero-order valence-corrected chi connectivity index (χ0v) is 8.72. The molecule has 0 radical (unpaired) electrons. The minimum absolute atomic E-state index is 0.182.